The second kappa shape index (κ2) is 3.53. The van der Waals surface area contributed by atoms with Crippen LogP contribution in [-0.4, -0.2) is 15.0 Å². The maximum atomic E-state index is 4.29. The quantitative estimate of drug-likeness (QED) is 0.695. The molecule has 0 unspecified atom stereocenters. The van der Waals surface area contributed by atoms with Crippen LogP contribution in [-0.2, 0) is 0 Å². The SMILES string of the molecule is Sc1cnccc1-c1cncnc1. The minimum Gasteiger partial charge on any atom is -0.264 e. The summed E-state index contributed by atoms with van der Waals surface area (Å²) in [5.74, 6) is 0. The molecular weight excluding hydrogens is 182 g/mol. The van der Waals surface area contributed by atoms with Crippen molar-refractivity contribution in [3.8, 4) is 11.1 Å². The van der Waals surface area contributed by atoms with Gasteiger partial charge in [0.2, 0.25) is 0 Å². The molecule has 0 aliphatic carbocycles. The molecule has 0 aromatic carbocycles. The summed E-state index contributed by atoms with van der Waals surface area (Å²) in [4.78, 5) is 12.7. The lowest BCUT2D eigenvalue weighted by Crippen LogP contribution is -1.84. The second-order valence-corrected chi connectivity index (χ2v) is 3.00. The van der Waals surface area contributed by atoms with Gasteiger partial charge in [0.05, 0.1) is 0 Å². The van der Waals surface area contributed by atoms with Gasteiger partial charge >= 0.3 is 0 Å². The van der Waals surface area contributed by atoms with Gasteiger partial charge in [0.15, 0.2) is 0 Å². The average Bonchev–Trinajstić information content (AvgIpc) is 2.20. The monoisotopic (exact) mass is 189 g/mol. The van der Waals surface area contributed by atoms with Gasteiger partial charge in [-0.05, 0) is 6.07 Å². The highest BCUT2D eigenvalue weighted by Gasteiger charge is 2.00. The van der Waals surface area contributed by atoms with E-state index in [1.807, 2.05) is 6.07 Å². The molecule has 13 heavy (non-hydrogen) atoms. The molecule has 2 rings (SSSR count). The van der Waals surface area contributed by atoms with Crippen molar-refractivity contribution in [1.29, 1.82) is 0 Å². The van der Waals surface area contributed by atoms with E-state index in [-0.39, 0.29) is 0 Å². The molecule has 0 atom stereocenters. The maximum absolute atomic E-state index is 4.29. The Hall–Kier alpha value is -1.42. The van der Waals surface area contributed by atoms with Crippen LogP contribution in [0, 0.1) is 0 Å². The van der Waals surface area contributed by atoms with Crippen molar-refractivity contribution in [1.82, 2.24) is 15.0 Å². The minimum atomic E-state index is 0.831. The predicted molar refractivity (Wildman–Crippen MR) is 52.5 cm³/mol. The molecule has 0 N–H and O–H groups in total. The van der Waals surface area contributed by atoms with Crippen LogP contribution in [0.1, 0.15) is 0 Å². The summed E-state index contributed by atoms with van der Waals surface area (Å²) in [7, 11) is 0. The topological polar surface area (TPSA) is 38.7 Å². The molecular formula is C9H7N3S. The Morgan fingerprint density at radius 3 is 2.46 bits per heavy atom. The van der Waals surface area contributed by atoms with Gasteiger partial charge in [-0.15, -0.1) is 12.6 Å². The number of hydrogen-bond donors (Lipinski definition) is 1. The zero-order chi connectivity index (χ0) is 9.10. The van der Waals surface area contributed by atoms with E-state index in [1.165, 1.54) is 6.33 Å². The van der Waals surface area contributed by atoms with Gasteiger partial charge in [0.25, 0.3) is 0 Å². The third-order valence-corrected chi connectivity index (χ3v) is 2.03. The smallest absolute Gasteiger partial charge is 0.115 e. The van der Waals surface area contributed by atoms with Crippen LogP contribution in [0.15, 0.2) is 42.1 Å². The van der Waals surface area contributed by atoms with E-state index in [9.17, 15) is 0 Å². The van der Waals surface area contributed by atoms with E-state index in [4.69, 9.17) is 0 Å². The molecule has 0 saturated carbocycles. The molecule has 0 spiro atoms. The first-order valence-electron chi connectivity index (χ1n) is 3.76. The first-order valence-corrected chi connectivity index (χ1v) is 4.21. The summed E-state index contributed by atoms with van der Waals surface area (Å²) >= 11 is 4.29. The summed E-state index contributed by atoms with van der Waals surface area (Å²) < 4.78 is 0. The molecule has 0 fully saturated rings. The van der Waals surface area contributed by atoms with E-state index in [0.29, 0.717) is 0 Å². The van der Waals surface area contributed by atoms with Crippen LogP contribution >= 0.6 is 12.6 Å². The van der Waals surface area contributed by atoms with Gasteiger partial charge in [-0.25, -0.2) is 9.97 Å². The summed E-state index contributed by atoms with van der Waals surface area (Å²) in [5.41, 5.74) is 1.95. The molecule has 2 aromatic rings. The highest BCUT2D eigenvalue weighted by molar-refractivity contribution is 7.80. The van der Waals surface area contributed by atoms with Crippen LogP contribution in [0.3, 0.4) is 0 Å². The van der Waals surface area contributed by atoms with Crippen LogP contribution < -0.4 is 0 Å². The first-order chi connectivity index (χ1) is 6.38. The fourth-order valence-electron chi connectivity index (χ4n) is 1.07. The van der Waals surface area contributed by atoms with E-state index >= 15 is 0 Å². The zero-order valence-corrected chi connectivity index (χ0v) is 7.65. The fraction of sp³-hybridized carbons (Fsp3) is 0. The molecule has 0 radical (unpaired) electrons. The van der Waals surface area contributed by atoms with Crippen LogP contribution in [0.25, 0.3) is 11.1 Å². The Bertz CT molecular complexity index is 403. The van der Waals surface area contributed by atoms with Crippen LogP contribution in [0.5, 0.6) is 0 Å². The number of nitrogens with zero attached hydrogens (tertiary/aromatic N) is 3. The van der Waals surface area contributed by atoms with Crippen molar-refractivity contribution in [2.24, 2.45) is 0 Å². The van der Waals surface area contributed by atoms with Crippen molar-refractivity contribution in [2.75, 3.05) is 0 Å². The predicted octanol–water partition coefficient (Wildman–Crippen LogP) is 1.83. The van der Waals surface area contributed by atoms with Crippen molar-refractivity contribution in [3.63, 3.8) is 0 Å². The highest BCUT2D eigenvalue weighted by Crippen LogP contribution is 2.23. The third-order valence-electron chi connectivity index (χ3n) is 1.67. The molecule has 64 valence electrons. The average molecular weight is 189 g/mol. The van der Waals surface area contributed by atoms with Gasteiger partial charge in [-0.3, -0.25) is 4.98 Å². The molecule has 0 aliphatic heterocycles. The number of rotatable bonds is 1. The first kappa shape index (κ1) is 8.19. The number of hydrogen-bond acceptors (Lipinski definition) is 4. The highest BCUT2D eigenvalue weighted by atomic mass is 32.1. The Labute approximate surface area is 81.3 Å². The Kier molecular flexibility index (Phi) is 2.23. The van der Waals surface area contributed by atoms with Gasteiger partial charge in [-0.2, -0.15) is 0 Å². The van der Waals surface area contributed by atoms with E-state index < -0.39 is 0 Å². The lowest BCUT2D eigenvalue weighted by Gasteiger charge is -2.01. The minimum absolute atomic E-state index is 0.831. The van der Waals surface area contributed by atoms with E-state index in [0.717, 1.165) is 16.0 Å². The van der Waals surface area contributed by atoms with Gasteiger partial charge in [0.1, 0.15) is 6.33 Å². The van der Waals surface area contributed by atoms with E-state index in [2.05, 4.69) is 27.6 Å². The molecule has 0 bridgehead atoms. The molecule has 0 aliphatic rings. The van der Waals surface area contributed by atoms with Crippen molar-refractivity contribution < 1.29 is 0 Å². The molecule has 0 amide bonds. The van der Waals surface area contributed by atoms with Crippen LogP contribution in [0.4, 0.5) is 0 Å². The Morgan fingerprint density at radius 1 is 1.00 bits per heavy atom. The Balaban J connectivity index is 2.54. The molecule has 3 nitrogen and oxygen atoms in total. The largest absolute Gasteiger partial charge is 0.264 e. The standard InChI is InChI=1S/C9H7N3S/c13-9-5-10-2-1-8(9)7-3-11-6-12-4-7/h1-6,13H. The number of pyridine rings is 1. The summed E-state index contributed by atoms with van der Waals surface area (Å²) in [6.07, 6.45) is 8.43. The number of aromatic nitrogens is 3. The van der Waals surface area contributed by atoms with Gasteiger partial charge in [0, 0.05) is 40.8 Å². The van der Waals surface area contributed by atoms with Crippen LogP contribution in [0.2, 0.25) is 0 Å². The van der Waals surface area contributed by atoms with Gasteiger partial charge < -0.3 is 0 Å². The number of thiol groups is 1. The van der Waals surface area contributed by atoms with Crippen molar-refractivity contribution >= 4 is 12.6 Å². The Morgan fingerprint density at radius 2 is 1.77 bits per heavy atom. The zero-order valence-electron chi connectivity index (χ0n) is 6.75. The van der Waals surface area contributed by atoms with Crippen molar-refractivity contribution in [2.45, 2.75) is 4.90 Å². The van der Waals surface area contributed by atoms with Gasteiger partial charge in [-0.1, -0.05) is 0 Å². The maximum Gasteiger partial charge on any atom is 0.115 e. The molecule has 4 heteroatoms. The molecule has 2 heterocycles. The van der Waals surface area contributed by atoms with E-state index in [1.54, 1.807) is 24.8 Å². The summed E-state index contributed by atoms with van der Waals surface area (Å²) in [5, 5.41) is 0. The van der Waals surface area contributed by atoms with Crippen molar-refractivity contribution in [3.05, 3.63) is 37.2 Å². The second-order valence-electron chi connectivity index (χ2n) is 2.52. The normalized spacial score (nSPS) is 9.92. The third kappa shape index (κ3) is 1.67. The summed E-state index contributed by atoms with van der Waals surface area (Å²) in [6, 6.07) is 1.89. The lowest BCUT2D eigenvalue weighted by molar-refractivity contribution is 1.16. The summed E-state index contributed by atoms with van der Waals surface area (Å²) in [6.45, 7) is 0. The fourth-order valence-corrected chi connectivity index (χ4v) is 1.34. The molecule has 0 saturated heterocycles. The lowest BCUT2D eigenvalue weighted by atomic mass is 10.1. The molecule has 2 aromatic heterocycles.